The number of halogens is 3. The van der Waals surface area contributed by atoms with Crippen LogP contribution in [0, 0.1) is 5.82 Å². The van der Waals surface area contributed by atoms with Gasteiger partial charge in [-0.15, -0.1) is 0 Å². The van der Waals surface area contributed by atoms with Crippen molar-refractivity contribution in [2.45, 2.75) is 13.5 Å². The third-order valence-electron chi connectivity index (χ3n) is 3.27. The van der Waals surface area contributed by atoms with Gasteiger partial charge in [-0.25, -0.2) is 4.39 Å². The predicted octanol–water partition coefficient (Wildman–Crippen LogP) is 4.91. The maximum Gasteiger partial charge on any atom is 0.279 e. The van der Waals surface area contributed by atoms with E-state index in [0.29, 0.717) is 27.0 Å². The van der Waals surface area contributed by atoms with E-state index in [1.54, 1.807) is 12.1 Å². The molecule has 0 radical (unpaired) electrons. The SMILES string of the molecule is CCn1c(=NC(=O)c2cc(Cl)cc(Cl)c2)sc2cc(F)ccc21. The quantitative estimate of drug-likeness (QED) is 0.632. The molecule has 1 amide bonds. The van der Waals surface area contributed by atoms with Crippen molar-refractivity contribution in [1.82, 2.24) is 4.57 Å². The Morgan fingerprint density at radius 1 is 1.22 bits per heavy atom. The van der Waals surface area contributed by atoms with Crippen LogP contribution in [0.25, 0.3) is 10.2 Å². The normalized spacial score (nSPS) is 12.1. The molecule has 3 rings (SSSR count). The minimum absolute atomic E-state index is 0.314. The van der Waals surface area contributed by atoms with Crippen molar-refractivity contribution < 1.29 is 9.18 Å². The highest BCUT2D eigenvalue weighted by atomic mass is 35.5. The predicted molar refractivity (Wildman–Crippen MR) is 91.8 cm³/mol. The number of hydrogen-bond acceptors (Lipinski definition) is 2. The van der Waals surface area contributed by atoms with Crippen LogP contribution in [0.1, 0.15) is 17.3 Å². The van der Waals surface area contributed by atoms with Crippen LogP contribution in [0.3, 0.4) is 0 Å². The summed E-state index contributed by atoms with van der Waals surface area (Å²) in [6.07, 6.45) is 0. The van der Waals surface area contributed by atoms with Crippen molar-refractivity contribution in [2.24, 2.45) is 4.99 Å². The van der Waals surface area contributed by atoms with E-state index in [1.165, 1.54) is 35.6 Å². The molecule has 0 aliphatic heterocycles. The second-order valence-corrected chi connectivity index (χ2v) is 6.70. The van der Waals surface area contributed by atoms with E-state index in [9.17, 15) is 9.18 Å². The minimum Gasteiger partial charge on any atom is -0.317 e. The van der Waals surface area contributed by atoms with Crippen LogP contribution >= 0.6 is 34.5 Å². The van der Waals surface area contributed by atoms with Gasteiger partial charge in [-0.05, 0) is 43.3 Å². The molecule has 1 aromatic heterocycles. The number of nitrogens with zero attached hydrogens (tertiary/aromatic N) is 2. The summed E-state index contributed by atoms with van der Waals surface area (Å²) in [6.45, 7) is 2.56. The molecular weight excluding hydrogens is 358 g/mol. The first-order valence-electron chi connectivity index (χ1n) is 6.82. The number of rotatable bonds is 2. The van der Waals surface area contributed by atoms with Crippen LogP contribution in [-0.4, -0.2) is 10.5 Å². The summed E-state index contributed by atoms with van der Waals surface area (Å²) in [5.74, 6) is -0.759. The zero-order valence-corrected chi connectivity index (χ0v) is 14.3. The molecule has 0 spiro atoms. The Morgan fingerprint density at radius 3 is 2.57 bits per heavy atom. The number of hydrogen-bond donors (Lipinski definition) is 0. The molecule has 118 valence electrons. The molecule has 0 saturated carbocycles. The molecule has 0 N–H and O–H groups in total. The van der Waals surface area contributed by atoms with Gasteiger partial charge in [0, 0.05) is 22.2 Å². The van der Waals surface area contributed by atoms with Gasteiger partial charge >= 0.3 is 0 Å². The molecule has 0 saturated heterocycles. The summed E-state index contributed by atoms with van der Waals surface area (Å²) in [6, 6.07) is 9.10. The average Bonchev–Trinajstić information content (AvgIpc) is 2.82. The molecule has 3 nitrogen and oxygen atoms in total. The molecule has 7 heteroatoms. The Kier molecular flexibility index (Phi) is 4.53. The van der Waals surface area contributed by atoms with E-state index in [-0.39, 0.29) is 5.82 Å². The van der Waals surface area contributed by atoms with Gasteiger partial charge in [-0.2, -0.15) is 4.99 Å². The van der Waals surface area contributed by atoms with Crippen LogP contribution < -0.4 is 4.80 Å². The molecule has 23 heavy (non-hydrogen) atoms. The second kappa shape index (κ2) is 6.43. The number of aromatic nitrogens is 1. The monoisotopic (exact) mass is 368 g/mol. The lowest BCUT2D eigenvalue weighted by Gasteiger charge is -2.01. The molecular formula is C16H11Cl2FN2OS. The zero-order chi connectivity index (χ0) is 16.6. The second-order valence-electron chi connectivity index (χ2n) is 4.82. The Morgan fingerprint density at radius 2 is 1.91 bits per heavy atom. The molecule has 0 aliphatic rings. The van der Waals surface area contributed by atoms with Gasteiger partial charge < -0.3 is 4.57 Å². The third kappa shape index (κ3) is 3.32. The largest absolute Gasteiger partial charge is 0.317 e. The molecule has 0 bridgehead atoms. The summed E-state index contributed by atoms with van der Waals surface area (Å²) in [7, 11) is 0. The Hall–Kier alpha value is -1.69. The van der Waals surface area contributed by atoms with Crippen LogP contribution in [0.4, 0.5) is 4.39 Å². The molecule has 0 unspecified atom stereocenters. The van der Waals surface area contributed by atoms with Crippen molar-refractivity contribution in [3.05, 3.63) is 62.6 Å². The lowest BCUT2D eigenvalue weighted by atomic mass is 10.2. The first-order chi connectivity index (χ1) is 11.0. The van der Waals surface area contributed by atoms with Crippen molar-refractivity contribution in [2.75, 3.05) is 0 Å². The van der Waals surface area contributed by atoms with Gasteiger partial charge in [0.15, 0.2) is 4.80 Å². The van der Waals surface area contributed by atoms with Crippen LogP contribution in [0.2, 0.25) is 10.0 Å². The standard InChI is InChI=1S/C16H11Cl2FN2OS/c1-2-21-13-4-3-12(19)8-14(13)23-16(21)20-15(22)9-5-10(17)7-11(18)6-9/h3-8H,2H2,1H3. The van der Waals surface area contributed by atoms with Crippen molar-refractivity contribution in [1.29, 1.82) is 0 Å². The van der Waals surface area contributed by atoms with E-state index < -0.39 is 5.91 Å². The Balaban J connectivity index is 2.14. The van der Waals surface area contributed by atoms with Gasteiger partial charge in [0.1, 0.15) is 5.82 Å². The maximum absolute atomic E-state index is 13.4. The van der Waals surface area contributed by atoms with E-state index >= 15 is 0 Å². The van der Waals surface area contributed by atoms with Crippen LogP contribution in [0.15, 0.2) is 41.4 Å². The van der Waals surface area contributed by atoms with Crippen LogP contribution in [-0.2, 0) is 6.54 Å². The number of aryl methyl sites for hydroxylation is 1. The van der Waals surface area contributed by atoms with E-state index in [2.05, 4.69) is 4.99 Å². The van der Waals surface area contributed by atoms with Gasteiger partial charge in [-0.1, -0.05) is 34.5 Å². The molecule has 0 fully saturated rings. The number of carbonyl (C=O) groups is 1. The molecule has 0 atom stereocenters. The zero-order valence-electron chi connectivity index (χ0n) is 12.0. The van der Waals surface area contributed by atoms with Crippen LogP contribution in [0.5, 0.6) is 0 Å². The molecule has 3 aromatic rings. The molecule has 1 heterocycles. The summed E-state index contributed by atoms with van der Waals surface area (Å²) in [4.78, 5) is 17.0. The fourth-order valence-electron chi connectivity index (χ4n) is 2.27. The fraction of sp³-hybridized carbons (Fsp3) is 0.125. The number of carbonyl (C=O) groups excluding carboxylic acids is 1. The molecule has 0 aliphatic carbocycles. The minimum atomic E-state index is -0.441. The van der Waals surface area contributed by atoms with Crippen molar-refractivity contribution >= 4 is 50.7 Å². The van der Waals surface area contributed by atoms with E-state index in [1.807, 2.05) is 11.5 Å². The number of thiazole rings is 1. The topological polar surface area (TPSA) is 34.4 Å². The first kappa shape index (κ1) is 16.2. The maximum atomic E-state index is 13.4. The Bertz CT molecular complexity index is 958. The number of fused-ring (bicyclic) bond motifs is 1. The van der Waals surface area contributed by atoms with Crippen molar-refractivity contribution in [3.63, 3.8) is 0 Å². The van der Waals surface area contributed by atoms with Gasteiger partial charge in [0.25, 0.3) is 5.91 Å². The average molecular weight is 369 g/mol. The van der Waals surface area contributed by atoms with Gasteiger partial charge in [0.2, 0.25) is 0 Å². The highest BCUT2D eigenvalue weighted by Crippen LogP contribution is 2.21. The number of amides is 1. The smallest absolute Gasteiger partial charge is 0.279 e. The molecule has 2 aromatic carbocycles. The first-order valence-corrected chi connectivity index (χ1v) is 8.39. The Labute approximate surface area is 145 Å². The van der Waals surface area contributed by atoms with E-state index in [0.717, 1.165) is 10.2 Å². The summed E-state index contributed by atoms with van der Waals surface area (Å²) in [5.41, 5.74) is 1.16. The van der Waals surface area contributed by atoms with Gasteiger partial charge in [0.05, 0.1) is 10.2 Å². The fourth-order valence-corrected chi connectivity index (χ4v) is 3.91. The summed E-state index contributed by atoms with van der Waals surface area (Å²) in [5, 5.41) is 0.746. The lowest BCUT2D eigenvalue weighted by Crippen LogP contribution is -2.15. The summed E-state index contributed by atoms with van der Waals surface area (Å²) < 4.78 is 16.0. The lowest BCUT2D eigenvalue weighted by molar-refractivity contribution is 0.0998. The highest BCUT2D eigenvalue weighted by molar-refractivity contribution is 7.16. The van der Waals surface area contributed by atoms with Crippen molar-refractivity contribution in [3.8, 4) is 0 Å². The number of benzene rings is 2. The van der Waals surface area contributed by atoms with E-state index in [4.69, 9.17) is 23.2 Å². The highest BCUT2D eigenvalue weighted by Gasteiger charge is 2.10. The third-order valence-corrected chi connectivity index (χ3v) is 4.75. The van der Waals surface area contributed by atoms with Gasteiger partial charge in [-0.3, -0.25) is 4.79 Å². The summed E-state index contributed by atoms with van der Waals surface area (Å²) >= 11 is 13.1.